The molecular weight excluding hydrogens is 278 g/mol. The van der Waals surface area contributed by atoms with E-state index in [1.165, 1.54) is 6.07 Å². The lowest BCUT2D eigenvalue weighted by Gasteiger charge is -2.23. The lowest BCUT2D eigenvalue weighted by atomic mass is 9.83. The zero-order valence-electron chi connectivity index (χ0n) is 13.3. The Balaban J connectivity index is 2.62. The molecule has 0 saturated heterocycles. The fourth-order valence-corrected chi connectivity index (χ4v) is 2.29. The first kappa shape index (κ1) is 15.9. The molecule has 2 aromatic rings. The van der Waals surface area contributed by atoms with Gasteiger partial charge >= 0.3 is 0 Å². The maximum Gasteiger partial charge on any atom is 0.196 e. The minimum absolute atomic E-state index is 0.101. The molecule has 22 heavy (non-hydrogen) atoms. The van der Waals surface area contributed by atoms with Crippen molar-refractivity contribution in [3.63, 3.8) is 0 Å². The lowest BCUT2D eigenvalue weighted by Crippen LogP contribution is -2.14. The van der Waals surface area contributed by atoms with E-state index in [9.17, 15) is 15.0 Å². The highest BCUT2D eigenvalue weighted by Gasteiger charge is 2.26. The molecule has 4 N–H and O–H groups in total. The molecule has 0 aliphatic carbocycles. The predicted octanol–water partition coefficient (Wildman–Crippen LogP) is 3.52. The van der Waals surface area contributed by atoms with Crippen LogP contribution in [0.3, 0.4) is 0 Å². The maximum atomic E-state index is 12.6. The van der Waals surface area contributed by atoms with Crippen LogP contribution >= 0.6 is 0 Å². The number of aryl methyl sites for hydroxylation is 1. The molecule has 0 bridgehead atoms. The van der Waals surface area contributed by atoms with Crippen molar-refractivity contribution in [2.75, 3.05) is 5.73 Å². The molecule has 0 amide bonds. The van der Waals surface area contributed by atoms with Crippen LogP contribution in [0.25, 0.3) is 0 Å². The number of phenolic OH excluding ortho intramolecular Hbond substituents is 2. The van der Waals surface area contributed by atoms with Gasteiger partial charge in [0.15, 0.2) is 11.5 Å². The summed E-state index contributed by atoms with van der Waals surface area (Å²) in [6.07, 6.45) is 0. The van der Waals surface area contributed by atoms with Crippen molar-refractivity contribution in [1.82, 2.24) is 0 Å². The minimum Gasteiger partial charge on any atom is -0.505 e. The first-order valence-corrected chi connectivity index (χ1v) is 7.09. The van der Waals surface area contributed by atoms with Crippen LogP contribution in [0.1, 0.15) is 47.8 Å². The number of rotatable bonds is 2. The molecule has 2 aromatic carbocycles. The molecule has 0 aromatic heterocycles. The van der Waals surface area contributed by atoms with Crippen molar-refractivity contribution in [1.29, 1.82) is 0 Å². The number of nitrogen functional groups attached to an aromatic ring is 1. The van der Waals surface area contributed by atoms with Gasteiger partial charge in [0, 0.05) is 11.1 Å². The summed E-state index contributed by atoms with van der Waals surface area (Å²) in [5, 5.41) is 20.3. The normalized spacial score (nSPS) is 11.5. The van der Waals surface area contributed by atoms with Crippen molar-refractivity contribution >= 4 is 11.5 Å². The third-order valence-electron chi connectivity index (χ3n) is 3.68. The molecule has 0 spiro atoms. The van der Waals surface area contributed by atoms with Gasteiger partial charge in [-0.3, -0.25) is 4.79 Å². The maximum absolute atomic E-state index is 12.6. The summed E-state index contributed by atoms with van der Waals surface area (Å²) in [7, 11) is 0. The molecule has 0 saturated carbocycles. The summed E-state index contributed by atoms with van der Waals surface area (Å²) in [5.74, 6) is -0.878. The van der Waals surface area contributed by atoms with Crippen LogP contribution in [-0.4, -0.2) is 16.0 Å². The zero-order chi connectivity index (χ0) is 16.7. The van der Waals surface area contributed by atoms with Crippen molar-refractivity contribution in [3.8, 4) is 11.5 Å². The van der Waals surface area contributed by atoms with E-state index in [0.717, 1.165) is 5.56 Å². The topological polar surface area (TPSA) is 83.5 Å². The average Bonchev–Trinajstić information content (AvgIpc) is 2.44. The first-order valence-electron chi connectivity index (χ1n) is 7.09. The molecule has 4 heteroatoms. The second kappa shape index (κ2) is 5.37. The second-order valence-corrected chi connectivity index (χ2v) is 6.53. The smallest absolute Gasteiger partial charge is 0.196 e. The van der Waals surface area contributed by atoms with E-state index in [0.29, 0.717) is 11.1 Å². The number of anilines is 1. The third-order valence-corrected chi connectivity index (χ3v) is 3.68. The highest BCUT2D eigenvalue weighted by molar-refractivity contribution is 6.12. The summed E-state index contributed by atoms with van der Waals surface area (Å²) in [6, 6.07) is 8.59. The Kier molecular flexibility index (Phi) is 3.88. The van der Waals surface area contributed by atoms with Gasteiger partial charge in [-0.25, -0.2) is 0 Å². The molecule has 4 nitrogen and oxygen atoms in total. The van der Waals surface area contributed by atoms with E-state index >= 15 is 0 Å². The molecule has 0 radical (unpaired) electrons. The van der Waals surface area contributed by atoms with Gasteiger partial charge in [-0.15, -0.1) is 0 Å². The van der Waals surface area contributed by atoms with Crippen LogP contribution in [0, 0.1) is 6.92 Å². The molecule has 2 rings (SSSR count). The van der Waals surface area contributed by atoms with Crippen molar-refractivity contribution < 1.29 is 15.0 Å². The Morgan fingerprint density at radius 3 is 2.09 bits per heavy atom. The SMILES string of the molecule is Cc1ccc(C(=O)c2cc(C(C)(C)C)c(O)c(N)c2O)cc1. The van der Waals surface area contributed by atoms with E-state index < -0.39 is 5.41 Å². The third kappa shape index (κ3) is 2.77. The zero-order valence-corrected chi connectivity index (χ0v) is 13.3. The number of hydrogen-bond donors (Lipinski definition) is 3. The standard InChI is InChI=1S/C18H21NO3/c1-10-5-7-11(8-6-10)15(20)12-9-13(18(2,3)4)17(22)14(19)16(12)21/h5-9,21-22H,19H2,1-4H3. The summed E-state index contributed by atoms with van der Waals surface area (Å²) in [5.41, 5.74) is 7.33. The van der Waals surface area contributed by atoms with Gasteiger partial charge in [0.25, 0.3) is 0 Å². The van der Waals surface area contributed by atoms with E-state index in [1.54, 1.807) is 12.1 Å². The van der Waals surface area contributed by atoms with E-state index in [-0.39, 0.29) is 28.5 Å². The number of hydrogen-bond acceptors (Lipinski definition) is 4. The fraction of sp³-hybridized carbons (Fsp3) is 0.278. The molecular formula is C18H21NO3. The Morgan fingerprint density at radius 1 is 1.05 bits per heavy atom. The number of nitrogens with two attached hydrogens (primary N) is 1. The Labute approximate surface area is 130 Å². The van der Waals surface area contributed by atoms with Crippen LogP contribution in [-0.2, 0) is 5.41 Å². The minimum atomic E-state index is -0.409. The lowest BCUT2D eigenvalue weighted by molar-refractivity contribution is 0.103. The molecule has 0 aliphatic heterocycles. The molecule has 0 fully saturated rings. The van der Waals surface area contributed by atoms with Gasteiger partial charge < -0.3 is 15.9 Å². The second-order valence-electron chi connectivity index (χ2n) is 6.53. The van der Waals surface area contributed by atoms with Gasteiger partial charge in [0.2, 0.25) is 0 Å². The summed E-state index contributed by atoms with van der Waals surface area (Å²) in [4.78, 5) is 12.6. The van der Waals surface area contributed by atoms with Gasteiger partial charge in [-0.1, -0.05) is 50.6 Å². The summed E-state index contributed by atoms with van der Waals surface area (Å²) >= 11 is 0. The van der Waals surface area contributed by atoms with Gasteiger partial charge in [-0.2, -0.15) is 0 Å². The van der Waals surface area contributed by atoms with E-state index in [2.05, 4.69) is 0 Å². The number of carbonyl (C=O) groups is 1. The summed E-state index contributed by atoms with van der Waals surface area (Å²) < 4.78 is 0. The molecule has 0 atom stereocenters. The van der Waals surface area contributed by atoms with Gasteiger partial charge in [-0.05, 0) is 18.4 Å². The predicted molar refractivity (Wildman–Crippen MR) is 87.5 cm³/mol. The molecule has 116 valence electrons. The van der Waals surface area contributed by atoms with Crippen LogP contribution in [0.2, 0.25) is 0 Å². The van der Waals surface area contributed by atoms with Crippen LogP contribution < -0.4 is 5.73 Å². The van der Waals surface area contributed by atoms with Crippen LogP contribution in [0.5, 0.6) is 11.5 Å². The number of phenols is 2. The van der Waals surface area contributed by atoms with Gasteiger partial charge in [0.05, 0.1) is 5.56 Å². The Hall–Kier alpha value is -2.49. The van der Waals surface area contributed by atoms with Crippen molar-refractivity contribution in [2.45, 2.75) is 33.1 Å². The van der Waals surface area contributed by atoms with E-state index in [1.807, 2.05) is 39.8 Å². The van der Waals surface area contributed by atoms with Crippen molar-refractivity contribution in [3.05, 3.63) is 52.6 Å². The monoisotopic (exact) mass is 299 g/mol. The van der Waals surface area contributed by atoms with Crippen LogP contribution in [0.4, 0.5) is 5.69 Å². The molecule has 0 aliphatic rings. The summed E-state index contributed by atoms with van der Waals surface area (Å²) in [6.45, 7) is 7.64. The highest BCUT2D eigenvalue weighted by Crippen LogP contribution is 2.42. The van der Waals surface area contributed by atoms with Crippen LogP contribution in [0.15, 0.2) is 30.3 Å². The average molecular weight is 299 g/mol. The number of aromatic hydroxyl groups is 2. The Bertz CT molecular complexity index is 725. The largest absolute Gasteiger partial charge is 0.505 e. The highest BCUT2D eigenvalue weighted by atomic mass is 16.3. The van der Waals surface area contributed by atoms with E-state index in [4.69, 9.17) is 5.73 Å². The Morgan fingerprint density at radius 2 is 1.59 bits per heavy atom. The fourth-order valence-electron chi connectivity index (χ4n) is 2.29. The van der Waals surface area contributed by atoms with Crippen molar-refractivity contribution in [2.24, 2.45) is 0 Å². The first-order chi connectivity index (χ1) is 10.1. The number of ketones is 1. The number of benzene rings is 2. The quantitative estimate of drug-likeness (QED) is 0.450. The number of carbonyl (C=O) groups excluding carboxylic acids is 1. The van der Waals surface area contributed by atoms with Gasteiger partial charge in [0.1, 0.15) is 11.4 Å². The molecule has 0 heterocycles. The molecule has 0 unspecified atom stereocenters.